The van der Waals surface area contributed by atoms with Crippen molar-refractivity contribution in [3.05, 3.63) is 30.1 Å². The van der Waals surface area contributed by atoms with Crippen LogP contribution in [0.3, 0.4) is 0 Å². The molecule has 0 radical (unpaired) electrons. The summed E-state index contributed by atoms with van der Waals surface area (Å²) >= 11 is 0. The van der Waals surface area contributed by atoms with Crippen molar-refractivity contribution in [1.82, 2.24) is 10.3 Å². The number of rotatable bonds is 1. The van der Waals surface area contributed by atoms with Crippen molar-refractivity contribution in [2.24, 2.45) is 0 Å². The molecular weight excluding hydrogens is 152 g/mol. The monoisotopic (exact) mass is 162 g/mol. The Hall–Kier alpha value is -1.38. The molecule has 1 aromatic rings. The standard InChI is InChI=1S/C9H10N2O/c1-9(6-8(12)11-9)7-2-4-10-5-3-7/h2-5H,6H2,1H3,(H,11,12). The Balaban J connectivity index is 2.27. The van der Waals surface area contributed by atoms with E-state index in [-0.39, 0.29) is 11.4 Å². The van der Waals surface area contributed by atoms with Crippen molar-refractivity contribution in [2.75, 3.05) is 0 Å². The lowest BCUT2D eigenvalue weighted by Gasteiger charge is -2.39. The topological polar surface area (TPSA) is 42.0 Å². The van der Waals surface area contributed by atoms with Gasteiger partial charge in [0.25, 0.3) is 0 Å². The fraction of sp³-hybridized carbons (Fsp3) is 0.333. The van der Waals surface area contributed by atoms with E-state index in [9.17, 15) is 4.79 Å². The summed E-state index contributed by atoms with van der Waals surface area (Å²) in [4.78, 5) is 14.7. The van der Waals surface area contributed by atoms with Gasteiger partial charge in [0.1, 0.15) is 0 Å². The number of nitrogens with one attached hydrogen (secondary N) is 1. The third-order valence-electron chi connectivity index (χ3n) is 2.25. The Bertz CT molecular complexity index is 300. The van der Waals surface area contributed by atoms with Crippen LogP contribution in [0.15, 0.2) is 24.5 Å². The van der Waals surface area contributed by atoms with Crippen LogP contribution in [0.25, 0.3) is 0 Å². The third-order valence-corrected chi connectivity index (χ3v) is 2.25. The van der Waals surface area contributed by atoms with Gasteiger partial charge in [-0.1, -0.05) is 0 Å². The molecule has 0 aliphatic carbocycles. The summed E-state index contributed by atoms with van der Waals surface area (Å²) in [7, 11) is 0. The van der Waals surface area contributed by atoms with Crippen LogP contribution in [0.4, 0.5) is 0 Å². The summed E-state index contributed by atoms with van der Waals surface area (Å²) in [6.07, 6.45) is 4.06. The van der Waals surface area contributed by atoms with Gasteiger partial charge in [0, 0.05) is 12.4 Å². The maximum Gasteiger partial charge on any atom is 0.223 e. The summed E-state index contributed by atoms with van der Waals surface area (Å²) < 4.78 is 0. The van der Waals surface area contributed by atoms with Crippen LogP contribution in [0.2, 0.25) is 0 Å². The molecule has 1 atom stereocenters. The molecule has 1 aliphatic heterocycles. The Morgan fingerprint density at radius 2 is 2.08 bits per heavy atom. The van der Waals surface area contributed by atoms with Crippen LogP contribution in [-0.2, 0) is 10.3 Å². The van der Waals surface area contributed by atoms with E-state index in [0.717, 1.165) is 5.56 Å². The van der Waals surface area contributed by atoms with Crippen LogP contribution >= 0.6 is 0 Å². The predicted octanol–water partition coefficient (Wildman–Crippen LogP) is 0.817. The fourth-order valence-corrected chi connectivity index (χ4v) is 1.50. The van der Waals surface area contributed by atoms with Gasteiger partial charge in [0.2, 0.25) is 5.91 Å². The van der Waals surface area contributed by atoms with Crippen molar-refractivity contribution in [3.63, 3.8) is 0 Å². The molecule has 0 spiro atoms. The first kappa shape index (κ1) is 7.28. The Morgan fingerprint density at radius 3 is 2.58 bits per heavy atom. The summed E-state index contributed by atoms with van der Waals surface area (Å²) in [6.45, 7) is 2.02. The second-order valence-corrected chi connectivity index (χ2v) is 3.29. The number of pyridine rings is 1. The molecule has 1 fully saturated rings. The minimum atomic E-state index is -0.153. The van der Waals surface area contributed by atoms with E-state index < -0.39 is 0 Å². The van der Waals surface area contributed by atoms with E-state index in [1.165, 1.54) is 0 Å². The predicted molar refractivity (Wildman–Crippen MR) is 44.3 cm³/mol. The van der Waals surface area contributed by atoms with Gasteiger partial charge < -0.3 is 5.32 Å². The smallest absolute Gasteiger partial charge is 0.223 e. The van der Waals surface area contributed by atoms with Crippen molar-refractivity contribution in [3.8, 4) is 0 Å². The van der Waals surface area contributed by atoms with Crippen LogP contribution in [0.5, 0.6) is 0 Å². The number of hydrogen-bond donors (Lipinski definition) is 1. The number of β-lactam (4-membered cyclic amide) rings is 1. The molecule has 0 saturated carbocycles. The van der Waals surface area contributed by atoms with Gasteiger partial charge in [-0.05, 0) is 24.6 Å². The molecule has 1 unspecified atom stereocenters. The number of carbonyl (C=O) groups is 1. The van der Waals surface area contributed by atoms with Gasteiger partial charge in [0.15, 0.2) is 0 Å². The lowest BCUT2D eigenvalue weighted by molar-refractivity contribution is -0.132. The van der Waals surface area contributed by atoms with Gasteiger partial charge in [-0.15, -0.1) is 0 Å². The molecule has 3 heteroatoms. The Kier molecular flexibility index (Phi) is 1.40. The van der Waals surface area contributed by atoms with E-state index >= 15 is 0 Å². The van der Waals surface area contributed by atoms with Crippen LogP contribution in [0.1, 0.15) is 18.9 Å². The SMILES string of the molecule is CC1(c2ccncc2)CC(=O)N1. The first-order valence-corrected chi connectivity index (χ1v) is 3.92. The van der Waals surface area contributed by atoms with Crippen molar-refractivity contribution >= 4 is 5.91 Å². The summed E-state index contributed by atoms with van der Waals surface area (Å²) in [5.74, 6) is 0.120. The average molecular weight is 162 g/mol. The molecule has 1 amide bonds. The zero-order valence-corrected chi connectivity index (χ0v) is 6.87. The molecule has 62 valence electrons. The molecule has 1 aliphatic rings. The number of amides is 1. The summed E-state index contributed by atoms with van der Waals surface area (Å²) in [5.41, 5.74) is 0.970. The van der Waals surface area contributed by atoms with Crippen LogP contribution in [-0.4, -0.2) is 10.9 Å². The second-order valence-electron chi connectivity index (χ2n) is 3.29. The highest BCUT2D eigenvalue weighted by Gasteiger charge is 2.39. The zero-order valence-electron chi connectivity index (χ0n) is 6.87. The minimum absolute atomic E-state index is 0.120. The molecule has 2 rings (SSSR count). The largest absolute Gasteiger partial charge is 0.346 e. The molecule has 0 aromatic carbocycles. The molecule has 1 aromatic heterocycles. The van der Waals surface area contributed by atoms with E-state index in [1.807, 2.05) is 19.1 Å². The Labute approximate surface area is 70.8 Å². The quantitative estimate of drug-likeness (QED) is 0.621. The van der Waals surface area contributed by atoms with Crippen LogP contribution in [0, 0.1) is 0 Å². The first-order valence-electron chi connectivity index (χ1n) is 3.92. The maximum atomic E-state index is 10.8. The second kappa shape index (κ2) is 2.30. The van der Waals surface area contributed by atoms with E-state index in [0.29, 0.717) is 6.42 Å². The summed E-state index contributed by atoms with van der Waals surface area (Å²) in [6, 6.07) is 3.86. The number of aromatic nitrogens is 1. The molecule has 2 heterocycles. The van der Waals surface area contributed by atoms with Crippen molar-refractivity contribution in [1.29, 1.82) is 0 Å². The van der Waals surface area contributed by atoms with Gasteiger partial charge in [-0.3, -0.25) is 9.78 Å². The average Bonchev–Trinajstić information content (AvgIpc) is 2.04. The summed E-state index contributed by atoms with van der Waals surface area (Å²) in [5, 5.41) is 2.87. The molecule has 3 nitrogen and oxygen atoms in total. The first-order chi connectivity index (χ1) is 5.71. The molecule has 1 N–H and O–H groups in total. The Morgan fingerprint density at radius 1 is 1.50 bits per heavy atom. The molecule has 12 heavy (non-hydrogen) atoms. The maximum absolute atomic E-state index is 10.8. The third kappa shape index (κ3) is 0.978. The minimum Gasteiger partial charge on any atom is -0.346 e. The van der Waals surface area contributed by atoms with Gasteiger partial charge in [-0.2, -0.15) is 0 Å². The van der Waals surface area contributed by atoms with Gasteiger partial charge >= 0.3 is 0 Å². The lowest BCUT2D eigenvalue weighted by Crippen LogP contribution is -2.56. The zero-order chi connectivity index (χ0) is 8.60. The highest BCUT2D eigenvalue weighted by Crippen LogP contribution is 2.30. The van der Waals surface area contributed by atoms with Crippen molar-refractivity contribution < 1.29 is 4.79 Å². The van der Waals surface area contributed by atoms with E-state index in [1.54, 1.807) is 12.4 Å². The normalized spacial score (nSPS) is 27.6. The fourth-order valence-electron chi connectivity index (χ4n) is 1.50. The lowest BCUT2D eigenvalue weighted by atomic mass is 9.83. The number of hydrogen-bond acceptors (Lipinski definition) is 2. The van der Waals surface area contributed by atoms with Gasteiger partial charge in [0.05, 0.1) is 12.0 Å². The van der Waals surface area contributed by atoms with E-state index in [4.69, 9.17) is 0 Å². The number of carbonyl (C=O) groups excluding carboxylic acids is 1. The van der Waals surface area contributed by atoms with Crippen molar-refractivity contribution in [2.45, 2.75) is 18.9 Å². The van der Waals surface area contributed by atoms with Gasteiger partial charge in [-0.25, -0.2) is 0 Å². The van der Waals surface area contributed by atoms with Crippen LogP contribution < -0.4 is 5.32 Å². The highest BCUT2D eigenvalue weighted by atomic mass is 16.2. The molecule has 0 bridgehead atoms. The molecular formula is C9H10N2O. The van der Waals surface area contributed by atoms with E-state index in [2.05, 4.69) is 10.3 Å². The molecule has 1 saturated heterocycles. The number of nitrogens with zero attached hydrogens (tertiary/aromatic N) is 1. The highest BCUT2D eigenvalue weighted by molar-refractivity contribution is 5.85.